The summed E-state index contributed by atoms with van der Waals surface area (Å²) in [6.45, 7) is 4.14. The lowest BCUT2D eigenvalue weighted by Crippen LogP contribution is -2.42. The fourth-order valence-electron chi connectivity index (χ4n) is 1.27. The fourth-order valence-corrected chi connectivity index (χ4v) is 1.27. The Kier molecular flexibility index (Phi) is 3.45. The smallest absolute Gasteiger partial charge is 0.328 e. The maximum atomic E-state index is 10.1. The van der Waals surface area contributed by atoms with E-state index in [1.165, 1.54) is 0 Å². The monoisotopic (exact) mass is 185 g/mol. The topological polar surface area (TPSA) is 58.6 Å². The second kappa shape index (κ2) is 4.39. The molecule has 0 bridgehead atoms. The number of ether oxygens (including phenoxy) is 1. The molecule has 1 rings (SSSR count). The Hall–Kier alpha value is -0.870. The summed E-state index contributed by atoms with van der Waals surface area (Å²) < 4.78 is 5.24. The van der Waals surface area contributed by atoms with Gasteiger partial charge in [-0.2, -0.15) is 0 Å². The summed E-state index contributed by atoms with van der Waals surface area (Å²) in [6, 6.07) is 0. The lowest BCUT2D eigenvalue weighted by molar-refractivity contribution is -0.131. The second-order valence-electron chi connectivity index (χ2n) is 3.48. The molecule has 1 heterocycles. The van der Waals surface area contributed by atoms with Crippen LogP contribution in [0.2, 0.25) is 0 Å². The van der Waals surface area contributed by atoms with Crippen molar-refractivity contribution in [1.82, 2.24) is 5.32 Å². The molecule has 0 aromatic carbocycles. The van der Waals surface area contributed by atoms with E-state index in [1.807, 2.05) is 0 Å². The average molecular weight is 185 g/mol. The highest BCUT2D eigenvalue weighted by Crippen LogP contribution is 2.16. The van der Waals surface area contributed by atoms with E-state index in [0.717, 1.165) is 19.1 Å². The number of aliphatic carboxylic acids is 1. The number of carboxylic acid groups (broad SMARTS) is 1. The normalized spacial score (nSPS) is 28.4. The van der Waals surface area contributed by atoms with Crippen molar-refractivity contribution in [3.8, 4) is 0 Å². The largest absolute Gasteiger partial charge is 0.478 e. The molecule has 0 aliphatic carbocycles. The summed E-state index contributed by atoms with van der Waals surface area (Å²) in [5, 5.41) is 11.6. The highest BCUT2D eigenvalue weighted by molar-refractivity contribution is 5.79. The van der Waals surface area contributed by atoms with E-state index in [1.54, 1.807) is 6.08 Å². The first-order valence-corrected chi connectivity index (χ1v) is 4.35. The highest BCUT2D eigenvalue weighted by atomic mass is 16.5. The first kappa shape index (κ1) is 10.2. The molecular weight excluding hydrogens is 170 g/mol. The van der Waals surface area contributed by atoms with E-state index in [9.17, 15) is 4.79 Å². The molecule has 2 N–H and O–H groups in total. The summed E-state index contributed by atoms with van der Waals surface area (Å²) in [5.41, 5.74) is 0.0167. The highest BCUT2D eigenvalue weighted by Gasteiger charge is 2.28. The van der Waals surface area contributed by atoms with Gasteiger partial charge in [-0.15, -0.1) is 0 Å². The SMILES string of the molecule is CC1(NC/C=C/C(=O)O)CCOC1. The molecular formula is C9H15NO3. The van der Waals surface area contributed by atoms with Crippen molar-refractivity contribution in [2.75, 3.05) is 19.8 Å². The Morgan fingerprint density at radius 1 is 1.77 bits per heavy atom. The van der Waals surface area contributed by atoms with E-state index in [4.69, 9.17) is 9.84 Å². The van der Waals surface area contributed by atoms with Crippen LogP contribution in [0.1, 0.15) is 13.3 Å². The number of hydrogen-bond donors (Lipinski definition) is 2. The molecule has 13 heavy (non-hydrogen) atoms. The molecule has 74 valence electrons. The predicted molar refractivity (Wildman–Crippen MR) is 48.6 cm³/mol. The minimum atomic E-state index is -0.908. The molecule has 4 nitrogen and oxygen atoms in total. The summed E-state index contributed by atoms with van der Waals surface area (Å²) >= 11 is 0. The van der Waals surface area contributed by atoms with Gasteiger partial charge in [-0.1, -0.05) is 6.08 Å². The van der Waals surface area contributed by atoms with Gasteiger partial charge < -0.3 is 15.2 Å². The zero-order chi connectivity index (χ0) is 9.73. The average Bonchev–Trinajstić information content (AvgIpc) is 2.47. The molecule has 0 saturated carbocycles. The van der Waals surface area contributed by atoms with Crippen LogP contribution in [0.5, 0.6) is 0 Å². The Bertz CT molecular complexity index is 207. The quantitative estimate of drug-likeness (QED) is 0.622. The molecule has 1 aliphatic rings. The number of hydrogen-bond acceptors (Lipinski definition) is 3. The molecule has 1 fully saturated rings. The van der Waals surface area contributed by atoms with Crippen LogP contribution < -0.4 is 5.32 Å². The van der Waals surface area contributed by atoms with Gasteiger partial charge in [0.25, 0.3) is 0 Å². The van der Waals surface area contributed by atoms with Crippen molar-refractivity contribution in [3.05, 3.63) is 12.2 Å². The number of nitrogens with one attached hydrogen (secondary N) is 1. The molecule has 0 aromatic rings. The molecule has 0 radical (unpaired) electrons. The van der Waals surface area contributed by atoms with Gasteiger partial charge in [-0.3, -0.25) is 0 Å². The zero-order valence-corrected chi connectivity index (χ0v) is 7.75. The summed E-state index contributed by atoms with van der Waals surface area (Å²) in [5.74, 6) is -0.908. The molecule has 0 aromatic heterocycles. The van der Waals surface area contributed by atoms with E-state index >= 15 is 0 Å². The molecule has 1 aliphatic heterocycles. The van der Waals surface area contributed by atoms with Crippen molar-refractivity contribution in [2.45, 2.75) is 18.9 Å². The van der Waals surface area contributed by atoms with Crippen LogP contribution in [-0.4, -0.2) is 36.4 Å². The van der Waals surface area contributed by atoms with E-state index < -0.39 is 5.97 Å². The molecule has 1 atom stereocenters. The van der Waals surface area contributed by atoms with Crippen LogP contribution in [0, 0.1) is 0 Å². The lowest BCUT2D eigenvalue weighted by atomic mass is 10.0. The first-order valence-electron chi connectivity index (χ1n) is 4.35. The number of carboxylic acids is 1. The van der Waals surface area contributed by atoms with Gasteiger partial charge in [0.05, 0.1) is 6.61 Å². The van der Waals surface area contributed by atoms with Crippen molar-refractivity contribution >= 4 is 5.97 Å². The Labute approximate surface area is 77.6 Å². The minimum absolute atomic E-state index is 0.0167. The van der Waals surface area contributed by atoms with E-state index in [0.29, 0.717) is 13.2 Å². The molecule has 0 amide bonds. The fraction of sp³-hybridized carbons (Fsp3) is 0.667. The van der Waals surface area contributed by atoms with Crippen molar-refractivity contribution < 1.29 is 14.6 Å². The van der Waals surface area contributed by atoms with Gasteiger partial charge in [-0.05, 0) is 13.3 Å². The van der Waals surface area contributed by atoms with Crippen LogP contribution in [0.4, 0.5) is 0 Å². The third-order valence-corrected chi connectivity index (χ3v) is 2.13. The van der Waals surface area contributed by atoms with Crippen LogP contribution in [0.15, 0.2) is 12.2 Å². The third kappa shape index (κ3) is 3.57. The van der Waals surface area contributed by atoms with Crippen LogP contribution in [0.3, 0.4) is 0 Å². The van der Waals surface area contributed by atoms with Gasteiger partial charge in [-0.25, -0.2) is 4.79 Å². The predicted octanol–water partition coefficient (Wildman–Crippen LogP) is 0.396. The maximum absolute atomic E-state index is 10.1. The zero-order valence-electron chi connectivity index (χ0n) is 7.75. The van der Waals surface area contributed by atoms with Crippen LogP contribution in [-0.2, 0) is 9.53 Å². The maximum Gasteiger partial charge on any atom is 0.328 e. The van der Waals surface area contributed by atoms with Gasteiger partial charge in [0.1, 0.15) is 0 Å². The van der Waals surface area contributed by atoms with Gasteiger partial charge >= 0.3 is 5.97 Å². The third-order valence-electron chi connectivity index (χ3n) is 2.13. The van der Waals surface area contributed by atoms with Crippen molar-refractivity contribution in [1.29, 1.82) is 0 Å². The van der Waals surface area contributed by atoms with E-state index in [2.05, 4.69) is 12.2 Å². The Morgan fingerprint density at radius 2 is 2.54 bits per heavy atom. The summed E-state index contributed by atoms with van der Waals surface area (Å²) in [6.07, 6.45) is 3.73. The van der Waals surface area contributed by atoms with Gasteiger partial charge in [0.2, 0.25) is 0 Å². The number of rotatable bonds is 4. The minimum Gasteiger partial charge on any atom is -0.478 e. The lowest BCUT2D eigenvalue weighted by Gasteiger charge is -2.22. The van der Waals surface area contributed by atoms with Crippen LogP contribution >= 0.6 is 0 Å². The first-order chi connectivity index (χ1) is 6.12. The van der Waals surface area contributed by atoms with E-state index in [-0.39, 0.29) is 5.54 Å². The Morgan fingerprint density at radius 3 is 3.08 bits per heavy atom. The summed E-state index contributed by atoms with van der Waals surface area (Å²) in [7, 11) is 0. The van der Waals surface area contributed by atoms with Gasteiger partial charge in [0, 0.05) is 24.8 Å². The molecule has 0 spiro atoms. The Balaban J connectivity index is 2.21. The van der Waals surface area contributed by atoms with Crippen LogP contribution in [0.25, 0.3) is 0 Å². The van der Waals surface area contributed by atoms with Crippen molar-refractivity contribution in [2.24, 2.45) is 0 Å². The standard InChI is InChI=1S/C9H15NO3/c1-9(4-6-13-7-9)10-5-2-3-8(11)12/h2-3,10H,4-7H2,1H3,(H,11,12)/b3-2+. The molecule has 1 saturated heterocycles. The summed E-state index contributed by atoms with van der Waals surface area (Å²) in [4.78, 5) is 10.1. The second-order valence-corrected chi connectivity index (χ2v) is 3.48. The van der Waals surface area contributed by atoms with Crippen molar-refractivity contribution in [3.63, 3.8) is 0 Å². The number of carbonyl (C=O) groups is 1. The van der Waals surface area contributed by atoms with Gasteiger partial charge in [0.15, 0.2) is 0 Å². The molecule has 4 heteroatoms. The molecule has 1 unspecified atom stereocenters.